The van der Waals surface area contributed by atoms with Crippen LogP contribution in [-0.2, 0) is 6.61 Å². The van der Waals surface area contributed by atoms with Crippen LogP contribution in [0.4, 0.5) is 5.69 Å². The van der Waals surface area contributed by atoms with Gasteiger partial charge >= 0.3 is 0 Å². The van der Waals surface area contributed by atoms with E-state index in [0.717, 1.165) is 31.0 Å². The molecule has 1 aliphatic carbocycles. The highest BCUT2D eigenvalue weighted by Gasteiger charge is 2.24. The molecule has 2 nitrogen and oxygen atoms in total. The third-order valence-corrected chi connectivity index (χ3v) is 3.42. The van der Waals surface area contributed by atoms with Crippen molar-refractivity contribution in [1.29, 1.82) is 0 Å². The summed E-state index contributed by atoms with van der Waals surface area (Å²) in [5.41, 5.74) is 3.52. The van der Waals surface area contributed by atoms with Gasteiger partial charge in [0, 0.05) is 24.3 Å². The maximum atomic E-state index is 9.48. The lowest BCUT2D eigenvalue weighted by Gasteiger charge is -2.26. The van der Waals surface area contributed by atoms with Crippen LogP contribution in [0.15, 0.2) is 18.2 Å². The topological polar surface area (TPSA) is 23.5 Å². The highest BCUT2D eigenvalue weighted by Crippen LogP contribution is 2.32. The quantitative estimate of drug-likeness (QED) is 0.816. The predicted octanol–water partition coefficient (Wildman–Crippen LogP) is 3.11. The standard InChI is InChI=1S/C15H23NO/c1-3-8-16(10-13-5-6-13)15-7-4-12(2)9-14(15)11-17/h4,7,9,13,17H,3,5-6,8,10-11H2,1-2H3. The normalized spacial score (nSPS) is 15.0. The molecule has 1 aromatic carbocycles. The summed E-state index contributed by atoms with van der Waals surface area (Å²) in [5.74, 6) is 0.884. The van der Waals surface area contributed by atoms with Crippen molar-refractivity contribution in [3.8, 4) is 0 Å². The Morgan fingerprint density at radius 3 is 2.71 bits per heavy atom. The van der Waals surface area contributed by atoms with Crippen LogP contribution in [0.5, 0.6) is 0 Å². The fourth-order valence-corrected chi connectivity index (χ4v) is 2.34. The summed E-state index contributed by atoms with van der Waals surface area (Å²) >= 11 is 0. The van der Waals surface area contributed by atoms with Crippen LogP contribution in [-0.4, -0.2) is 18.2 Å². The lowest BCUT2D eigenvalue weighted by atomic mass is 10.1. The number of hydrogen-bond donors (Lipinski definition) is 1. The van der Waals surface area contributed by atoms with E-state index < -0.39 is 0 Å². The zero-order valence-corrected chi connectivity index (χ0v) is 10.9. The molecule has 0 atom stereocenters. The number of hydrogen-bond acceptors (Lipinski definition) is 2. The highest BCUT2D eigenvalue weighted by molar-refractivity contribution is 5.55. The number of aryl methyl sites for hydroxylation is 1. The van der Waals surface area contributed by atoms with Crippen LogP contribution in [0.25, 0.3) is 0 Å². The molecule has 94 valence electrons. The molecule has 0 saturated heterocycles. The first kappa shape index (κ1) is 12.4. The second-order valence-corrected chi connectivity index (χ2v) is 5.18. The number of nitrogens with zero attached hydrogens (tertiary/aromatic N) is 1. The van der Waals surface area contributed by atoms with Crippen LogP contribution in [0.1, 0.15) is 37.3 Å². The van der Waals surface area contributed by atoms with E-state index in [1.165, 1.54) is 24.1 Å². The van der Waals surface area contributed by atoms with Crippen molar-refractivity contribution in [2.24, 2.45) is 5.92 Å². The van der Waals surface area contributed by atoms with Crippen LogP contribution >= 0.6 is 0 Å². The van der Waals surface area contributed by atoms with Crippen LogP contribution in [0.3, 0.4) is 0 Å². The summed E-state index contributed by atoms with van der Waals surface area (Å²) < 4.78 is 0. The SMILES string of the molecule is CCCN(CC1CC1)c1ccc(C)cc1CO. The summed E-state index contributed by atoms with van der Waals surface area (Å²) in [6, 6.07) is 6.41. The average molecular weight is 233 g/mol. The van der Waals surface area contributed by atoms with Gasteiger partial charge in [0.05, 0.1) is 6.61 Å². The molecule has 2 heteroatoms. The average Bonchev–Trinajstić information content (AvgIpc) is 3.12. The van der Waals surface area contributed by atoms with Gasteiger partial charge in [-0.1, -0.05) is 24.6 Å². The van der Waals surface area contributed by atoms with E-state index in [9.17, 15) is 5.11 Å². The maximum absolute atomic E-state index is 9.48. The van der Waals surface area contributed by atoms with Gasteiger partial charge in [0.15, 0.2) is 0 Å². The Morgan fingerprint density at radius 1 is 1.35 bits per heavy atom. The molecule has 0 amide bonds. The molecule has 1 aromatic rings. The fourth-order valence-electron chi connectivity index (χ4n) is 2.34. The van der Waals surface area contributed by atoms with Gasteiger partial charge in [0.2, 0.25) is 0 Å². The maximum Gasteiger partial charge on any atom is 0.0702 e. The molecule has 0 radical (unpaired) electrons. The van der Waals surface area contributed by atoms with E-state index in [1.54, 1.807) is 0 Å². The van der Waals surface area contributed by atoms with Gasteiger partial charge in [-0.2, -0.15) is 0 Å². The number of rotatable bonds is 6. The molecule has 0 unspecified atom stereocenters. The van der Waals surface area contributed by atoms with E-state index in [0.29, 0.717) is 0 Å². The molecule has 0 aliphatic heterocycles. The van der Waals surface area contributed by atoms with Crippen molar-refractivity contribution in [3.05, 3.63) is 29.3 Å². The summed E-state index contributed by atoms with van der Waals surface area (Å²) in [4.78, 5) is 2.45. The van der Waals surface area contributed by atoms with E-state index in [-0.39, 0.29) is 6.61 Å². The fraction of sp³-hybridized carbons (Fsp3) is 0.600. The van der Waals surface area contributed by atoms with Crippen LogP contribution in [0.2, 0.25) is 0 Å². The minimum absolute atomic E-state index is 0.141. The lowest BCUT2D eigenvalue weighted by Crippen LogP contribution is -2.27. The summed E-state index contributed by atoms with van der Waals surface area (Å²) in [5, 5.41) is 9.48. The predicted molar refractivity (Wildman–Crippen MR) is 72.3 cm³/mol. The molecule has 1 N–H and O–H groups in total. The Kier molecular flexibility index (Phi) is 4.06. The molecular weight excluding hydrogens is 210 g/mol. The first-order valence-corrected chi connectivity index (χ1v) is 6.70. The number of anilines is 1. The van der Waals surface area contributed by atoms with Gasteiger partial charge in [0.25, 0.3) is 0 Å². The second-order valence-electron chi connectivity index (χ2n) is 5.18. The molecule has 0 bridgehead atoms. The molecule has 1 fully saturated rings. The van der Waals surface area contributed by atoms with Crippen LogP contribution in [0, 0.1) is 12.8 Å². The molecule has 1 aliphatic rings. The number of aliphatic hydroxyl groups is 1. The first-order chi connectivity index (χ1) is 8.24. The van der Waals surface area contributed by atoms with E-state index in [2.05, 4.69) is 36.9 Å². The second kappa shape index (κ2) is 5.54. The molecule has 1 saturated carbocycles. The van der Waals surface area contributed by atoms with Crippen molar-refractivity contribution < 1.29 is 5.11 Å². The summed E-state index contributed by atoms with van der Waals surface area (Å²) in [6.07, 6.45) is 3.91. The molecule has 0 aromatic heterocycles. The summed E-state index contributed by atoms with van der Waals surface area (Å²) in [6.45, 7) is 6.68. The molecule has 0 heterocycles. The van der Waals surface area contributed by atoms with Gasteiger partial charge in [0.1, 0.15) is 0 Å². The number of benzene rings is 1. The van der Waals surface area contributed by atoms with Gasteiger partial charge in [-0.25, -0.2) is 0 Å². The van der Waals surface area contributed by atoms with E-state index in [4.69, 9.17) is 0 Å². The molecule has 2 rings (SSSR count). The summed E-state index contributed by atoms with van der Waals surface area (Å²) in [7, 11) is 0. The zero-order chi connectivity index (χ0) is 12.3. The van der Waals surface area contributed by atoms with Gasteiger partial charge in [-0.15, -0.1) is 0 Å². The molecule has 17 heavy (non-hydrogen) atoms. The minimum Gasteiger partial charge on any atom is -0.392 e. The van der Waals surface area contributed by atoms with Gasteiger partial charge in [-0.3, -0.25) is 0 Å². The van der Waals surface area contributed by atoms with Gasteiger partial charge in [-0.05, 0) is 38.2 Å². The smallest absolute Gasteiger partial charge is 0.0702 e. The minimum atomic E-state index is 0.141. The van der Waals surface area contributed by atoms with Crippen molar-refractivity contribution in [2.45, 2.75) is 39.7 Å². The van der Waals surface area contributed by atoms with Crippen molar-refractivity contribution in [1.82, 2.24) is 0 Å². The Bertz CT molecular complexity index is 371. The third kappa shape index (κ3) is 3.22. The molecule has 0 spiro atoms. The van der Waals surface area contributed by atoms with Gasteiger partial charge < -0.3 is 10.0 Å². The molecular formula is C15H23NO. The van der Waals surface area contributed by atoms with Crippen molar-refractivity contribution in [3.63, 3.8) is 0 Å². The highest BCUT2D eigenvalue weighted by atomic mass is 16.3. The largest absolute Gasteiger partial charge is 0.392 e. The van der Waals surface area contributed by atoms with Crippen molar-refractivity contribution in [2.75, 3.05) is 18.0 Å². The van der Waals surface area contributed by atoms with Crippen LogP contribution < -0.4 is 4.90 Å². The monoisotopic (exact) mass is 233 g/mol. The van der Waals surface area contributed by atoms with Crippen molar-refractivity contribution >= 4 is 5.69 Å². The Balaban J connectivity index is 2.20. The zero-order valence-electron chi connectivity index (χ0n) is 10.9. The Hall–Kier alpha value is -1.02. The third-order valence-electron chi connectivity index (χ3n) is 3.42. The first-order valence-electron chi connectivity index (χ1n) is 6.70. The van der Waals surface area contributed by atoms with E-state index in [1.807, 2.05) is 0 Å². The lowest BCUT2D eigenvalue weighted by molar-refractivity contribution is 0.282. The Morgan fingerprint density at radius 2 is 2.12 bits per heavy atom. The van der Waals surface area contributed by atoms with E-state index >= 15 is 0 Å². The number of aliphatic hydroxyl groups excluding tert-OH is 1. The Labute approximate surface area is 104 Å².